The van der Waals surface area contributed by atoms with Crippen LogP contribution < -0.4 is 4.72 Å². The summed E-state index contributed by atoms with van der Waals surface area (Å²) in [4.78, 5) is 13.8. The molecule has 0 aliphatic carbocycles. The maximum Gasteiger partial charge on any atom is 0.240 e. The third-order valence-electron chi connectivity index (χ3n) is 3.36. The molecule has 6 nitrogen and oxygen atoms in total. The van der Waals surface area contributed by atoms with E-state index in [0.717, 1.165) is 12.7 Å². The van der Waals surface area contributed by atoms with Crippen molar-refractivity contribution in [3.05, 3.63) is 0 Å². The van der Waals surface area contributed by atoms with Gasteiger partial charge in [0.1, 0.15) is 6.04 Å². The fourth-order valence-electron chi connectivity index (χ4n) is 2.59. The van der Waals surface area contributed by atoms with Gasteiger partial charge in [-0.25, -0.2) is 13.1 Å². The largest absolute Gasteiger partial charge is 0.386 e. The monoisotopic (exact) mass is 306 g/mol. The van der Waals surface area contributed by atoms with Crippen LogP contribution in [0, 0.1) is 5.92 Å². The zero-order valence-electron chi connectivity index (χ0n) is 12.7. The lowest BCUT2D eigenvalue weighted by Gasteiger charge is -2.47. The number of carbonyl (C=O) groups excluding carboxylic acids is 1. The summed E-state index contributed by atoms with van der Waals surface area (Å²) in [6, 6.07) is -0.740. The number of likely N-dealkylation sites (tertiary alicyclic amines) is 1. The van der Waals surface area contributed by atoms with E-state index >= 15 is 0 Å². The molecule has 1 aliphatic heterocycles. The van der Waals surface area contributed by atoms with Crippen LogP contribution in [0.4, 0.5) is 0 Å². The van der Waals surface area contributed by atoms with Gasteiger partial charge >= 0.3 is 0 Å². The number of aliphatic hydroxyl groups is 1. The Kier molecular flexibility index (Phi) is 5.57. The predicted octanol–water partition coefficient (Wildman–Crippen LogP) is 0.324. The average molecular weight is 306 g/mol. The van der Waals surface area contributed by atoms with Crippen LogP contribution in [0.25, 0.3) is 0 Å². The Balaban J connectivity index is 2.66. The third-order valence-corrected chi connectivity index (χ3v) is 4.07. The molecular formula is C13H26N2O4S. The molecule has 0 aromatic rings. The van der Waals surface area contributed by atoms with E-state index in [0.29, 0.717) is 25.9 Å². The number of nitrogens with zero attached hydrogens (tertiary/aromatic N) is 1. The lowest BCUT2D eigenvalue weighted by atomic mass is 9.88. The first-order valence-corrected chi connectivity index (χ1v) is 8.94. The van der Waals surface area contributed by atoms with Crippen LogP contribution in [-0.2, 0) is 14.8 Å². The van der Waals surface area contributed by atoms with Crippen LogP contribution in [-0.4, -0.2) is 55.3 Å². The Bertz CT molecular complexity index is 441. The van der Waals surface area contributed by atoms with E-state index in [1.54, 1.807) is 0 Å². The fourth-order valence-corrected chi connectivity index (χ4v) is 3.31. The van der Waals surface area contributed by atoms with E-state index in [2.05, 4.69) is 4.72 Å². The molecule has 1 fully saturated rings. The average Bonchev–Trinajstić information content (AvgIpc) is 2.21. The van der Waals surface area contributed by atoms with Crippen molar-refractivity contribution in [2.75, 3.05) is 19.3 Å². The van der Waals surface area contributed by atoms with Crippen molar-refractivity contribution >= 4 is 15.9 Å². The Labute approximate surface area is 121 Å². The maximum atomic E-state index is 12.3. The van der Waals surface area contributed by atoms with Crippen LogP contribution in [0.2, 0.25) is 0 Å². The van der Waals surface area contributed by atoms with Gasteiger partial charge in [0.05, 0.1) is 24.9 Å². The highest BCUT2D eigenvalue weighted by Crippen LogP contribution is 2.27. The Hall–Kier alpha value is -0.660. The Morgan fingerprint density at radius 1 is 1.40 bits per heavy atom. The van der Waals surface area contributed by atoms with Gasteiger partial charge < -0.3 is 10.0 Å². The molecule has 0 radical (unpaired) electrons. The number of carbonyl (C=O) groups is 1. The minimum Gasteiger partial charge on any atom is -0.386 e. The van der Waals surface area contributed by atoms with E-state index in [9.17, 15) is 18.3 Å². The predicted molar refractivity (Wildman–Crippen MR) is 77.7 cm³/mol. The number of hydrogen-bond donors (Lipinski definition) is 2. The molecule has 118 valence electrons. The third kappa shape index (κ3) is 5.03. The van der Waals surface area contributed by atoms with Gasteiger partial charge in [0.25, 0.3) is 0 Å². The van der Waals surface area contributed by atoms with Crippen LogP contribution in [0.5, 0.6) is 0 Å². The van der Waals surface area contributed by atoms with Gasteiger partial charge in [-0.15, -0.1) is 0 Å². The zero-order valence-corrected chi connectivity index (χ0v) is 13.5. The van der Waals surface area contributed by atoms with E-state index in [1.807, 2.05) is 20.8 Å². The normalized spacial score (nSPS) is 19.8. The van der Waals surface area contributed by atoms with Crippen molar-refractivity contribution in [2.45, 2.75) is 51.7 Å². The molecule has 0 bridgehead atoms. The lowest BCUT2D eigenvalue weighted by Crippen LogP contribution is -2.66. The SMILES string of the molecule is CCCC1(O)CN(C(=O)C(CC(C)C)NS(C)(=O)=O)C1. The highest BCUT2D eigenvalue weighted by molar-refractivity contribution is 7.88. The quantitative estimate of drug-likeness (QED) is 0.709. The van der Waals surface area contributed by atoms with Gasteiger partial charge in [-0.1, -0.05) is 27.2 Å². The molecule has 0 aromatic carbocycles. The Morgan fingerprint density at radius 3 is 2.35 bits per heavy atom. The number of rotatable bonds is 7. The topological polar surface area (TPSA) is 86.7 Å². The van der Waals surface area contributed by atoms with Crippen LogP contribution in [0.1, 0.15) is 40.0 Å². The van der Waals surface area contributed by atoms with E-state index < -0.39 is 21.7 Å². The molecule has 1 saturated heterocycles. The molecule has 1 rings (SSSR count). The lowest BCUT2D eigenvalue weighted by molar-refractivity contribution is -0.158. The van der Waals surface area contributed by atoms with Crippen LogP contribution in [0.3, 0.4) is 0 Å². The van der Waals surface area contributed by atoms with Crippen LogP contribution in [0.15, 0.2) is 0 Å². The number of amides is 1. The summed E-state index contributed by atoms with van der Waals surface area (Å²) in [5, 5.41) is 10.1. The summed E-state index contributed by atoms with van der Waals surface area (Å²) >= 11 is 0. The molecule has 1 aliphatic rings. The molecule has 0 aromatic heterocycles. The zero-order chi connectivity index (χ0) is 15.6. The van der Waals surface area contributed by atoms with Crippen molar-refractivity contribution in [1.82, 2.24) is 9.62 Å². The molecular weight excluding hydrogens is 280 g/mol. The first-order chi connectivity index (χ1) is 9.06. The standard InChI is InChI=1S/C13H26N2O4S/c1-5-6-13(17)8-15(9-13)12(16)11(7-10(2)3)14-20(4,18)19/h10-11,14,17H,5-9H2,1-4H3. The summed E-state index contributed by atoms with van der Waals surface area (Å²) in [5.41, 5.74) is -0.794. The molecule has 0 spiro atoms. The molecule has 1 amide bonds. The number of nitrogens with one attached hydrogen (secondary N) is 1. The number of sulfonamides is 1. The number of β-amino-alcohol motifs (C(OH)–C–C–N with tert-alkyl or cyclic N) is 1. The summed E-state index contributed by atoms with van der Waals surface area (Å²) in [7, 11) is -3.43. The first-order valence-electron chi connectivity index (χ1n) is 7.05. The number of hydrogen-bond acceptors (Lipinski definition) is 4. The summed E-state index contributed by atoms with van der Waals surface area (Å²) < 4.78 is 25.1. The van der Waals surface area contributed by atoms with Gasteiger partial charge in [-0.05, 0) is 18.8 Å². The van der Waals surface area contributed by atoms with Crippen molar-refractivity contribution in [3.63, 3.8) is 0 Å². The second-order valence-electron chi connectivity index (χ2n) is 6.24. The van der Waals surface area contributed by atoms with Gasteiger partial charge in [0, 0.05) is 0 Å². The Morgan fingerprint density at radius 2 is 1.95 bits per heavy atom. The second-order valence-corrected chi connectivity index (χ2v) is 8.02. The van der Waals surface area contributed by atoms with Crippen molar-refractivity contribution in [3.8, 4) is 0 Å². The van der Waals surface area contributed by atoms with Crippen molar-refractivity contribution < 1.29 is 18.3 Å². The van der Waals surface area contributed by atoms with E-state index in [-0.39, 0.29) is 11.8 Å². The summed E-state index contributed by atoms with van der Waals surface area (Å²) in [5.74, 6) is -0.0427. The van der Waals surface area contributed by atoms with Gasteiger partial charge in [-0.2, -0.15) is 0 Å². The fraction of sp³-hybridized carbons (Fsp3) is 0.923. The van der Waals surface area contributed by atoms with Crippen molar-refractivity contribution in [1.29, 1.82) is 0 Å². The van der Waals surface area contributed by atoms with Gasteiger partial charge in [0.2, 0.25) is 15.9 Å². The smallest absolute Gasteiger partial charge is 0.240 e. The summed E-state index contributed by atoms with van der Waals surface area (Å²) in [6.45, 7) is 6.44. The highest BCUT2D eigenvalue weighted by Gasteiger charge is 2.44. The second kappa shape index (κ2) is 6.41. The molecule has 1 atom stereocenters. The van der Waals surface area contributed by atoms with Crippen molar-refractivity contribution in [2.24, 2.45) is 5.92 Å². The van der Waals surface area contributed by atoms with Gasteiger partial charge in [0.15, 0.2) is 0 Å². The van der Waals surface area contributed by atoms with E-state index in [4.69, 9.17) is 0 Å². The summed E-state index contributed by atoms with van der Waals surface area (Å²) in [6.07, 6.45) is 3.02. The highest BCUT2D eigenvalue weighted by atomic mass is 32.2. The molecule has 0 saturated carbocycles. The minimum absolute atomic E-state index is 0.203. The van der Waals surface area contributed by atoms with Gasteiger partial charge in [-0.3, -0.25) is 4.79 Å². The first kappa shape index (κ1) is 17.4. The molecule has 1 heterocycles. The molecule has 20 heavy (non-hydrogen) atoms. The van der Waals surface area contributed by atoms with E-state index in [1.165, 1.54) is 4.90 Å². The minimum atomic E-state index is -3.43. The molecule has 7 heteroatoms. The molecule has 2 N–H and O–H groups in total. The molecule has 1 unspecified atom stereocenters. The maximum absolute atomic E-state index is 12.3. The van der Waals surface area contributed by atoms with Crippen LogP contribution >= 0.6 is 0 Å².